The van der Waals surface area contributed by atoms with E-state index in [2.05, 4.69) is 38.6 Å². The zero-order valence-electron chi connectivity index (χ0n) is 15.1. The molecule has 2 heteroatoms. The number of hydrogen-bond acceptors (Lipinski definition) is 2. The van der Waals surface area contributed by atoms with Crippen molar-refractivity contribution in [3.63, 3.8) is 0 Å². The van der Waals surface area contributed by atoms with E-state index in [9.17, 15) is 10.1 Å². The molecule has 2 nitrogen and oxygen atoms in total. The molecule has 7 atom stereocenters. The number of allylic oxidation sites excluding steroid dienone is 3. The quantitative estimate of drug-likeness (QED) is 0.632. The van der Waals surface area contributed by atoms with Gasteiger partial charge in [-0.05, 0) is 74.0 Å². The Morgan fingerprint density at radius 1 is 1.29 bits per heavy atom. The smallest absolute Gasteiger partial charge is 0.136 e. The van der Waals surface area contributed by atoms with Gasteiger partial charge in [0.05, 0.1) is 11.5 Å². The Morgan fingerprint density at radius 3 is 2.79 bits per heavy atom. The summed E-state index contributed by atoms with van der Waals surface area (Å²) in [5, 5.41) is 9.85. The molecule has 0 spiro atoms. The number of carbonyl (C=O) groups is 1. The molecule has 128 valence electrons. The van der Waals surface area contributed by atoms with Crippen molar-refractivity contribution in [3.8, 4) is 6.07 Å². The minimum atomic E-state index is -0.180. The maximum Gasteiger partial charge on any atom is 0.136 e. The topological polar surface area (TPSA) is 40.9 Å². The molecule has 24 heavy (non-hydrogen) atoms. The first kappa shape index (κ1) is 16.1. The largest absolute Gasteiger partial charge is 0.299 e. The summed E-state index contributed by atoms with van der Waals surface area (Å²) in [4.78, 5) is 11.9. The molecule has 0 aliphatic heterocycles. The third kappa shape index (κ3) is 1.97. The van der Waals surface area contributed by atoms with Crippen LogP contribution in [0.3, 0.4) is 0 Å². The third-order valence-corrected chi connectivity index (χ3v) is 8.49. The summed E-state index contributed by atoms with van der Waals surface area (Å²) < 4.78 is 0. The van der Waals surface area contributed by atoms with E-state index >= 15 is 0 Å². The second kappa shape index (κ2) is 5.32. The van der Waals surface area contributed by atoms with Gasteiger partial charge in [-0.3, -0.25) is 4.79 Å². The monoisotopic (exact) mass is 323 g/mol. The van der Waals surface area contributed by atoms with Crippen molar-refractivity contribution in [1.29, 1.82) is 5.26 Å². The fourth-order valence-corrected chi connectivity index (χ4v) is 6.90. The second-order valence-corrected chi connectivity index (χ2v) is 9.20. The molecule has 3 fully saturated rings. The van der Waals surface area contributed by atoms with Gasteiger partial charge in [0.1, 0.15) is 5.78 Å². The lowest BCUT2D eigenvalue weighted by Crippen LogP contribution is -2.50. The Labute approximate surface area is 146 Å². The predicted molar refractivity (Wildman–Crippen MR) is 94.9 cm³/mol. The minimum Gasteiger partial charge on any atom is -0.299 e. The van der Waals surface area contributed by atoms with Crippen molar-refractivity contribution < 1.29 is 4.79 Å². The number of nitriles is 1. The van der Waals surface area contributed by atoms with Crippen molar-refractivity contribution in [1.82, 2.24) is 0 Å². The molecule has 0 N–H and O–H groups in total. The summed E-state index contributed by atoms with van der Waals surface area (Å²) in [6.45, 7) is 8.71. The van der Waals surface area contributed by atoms with Gasteiger partial charge in [0.15, 0.2) is 0 Å². The van der Waals surface area contributed by atoms with Gasteiger partial charge in [0, 0.05) is 12.8 Å². The molecular weight excluding hydrogens is 294 g/mol. The molecule has 0 unspecified atom stereocenters. The van der Waals surface area contributed by atoms with Crippen LogP contribution in [0.1, 0.15) is 58.8 Å². The van der Waals surface area contributed by atoms with E-state index in [1.54, 1.807) is 0 Å². The van der Waals surface area contributed by atoms with Crippen LogP contribution < -0.4 is 0 Å². The lowest BCUT2D eigenvalue weighted by atomic mass is 9.48. The summed E-state index contributed by atoms with van der Waals surface area (Å²) >= 11 is 0. The van der Waals surface area contributed by atoms with Crippen LogP contribution in [0, 0.1) is 51.8 Å². The van der Waals surface area contributed by atoms with Gasteiger partial charge in [0.25, 0.3) is 0 Å². The Morgan fingerprint density at radius 2 is 2.08 bits per heavy atom. The average molecular weight is 323 g/mol. The summed E-state index contributed by atoms with van der Waals surface area (Å²) in [6.07, 6.45) is 11.6. The number of nitrogens with zero attached hydrogens (tertiary/aromatic N) is 1. The number of Topliss-reactive ketones (excluding diaryl/α,β-unsaturated/α-hetero) is 1. The molecule has 3 saturated carbocycles. The highest BCUT2D eigenvalue weighted by atomic mass is 16.1. The van der Waals surface area contributed by atoms with Crippen molar-refractivity contribution >= 4 is 5.78 Å². The highest BCUT2D eigenvalue weighted by molar-refractivity contribution is 5.82. The Bertz CT molecular complexity index is 655. The van der Waals surface area contributed by atoms with Gasteiger partial charge in [-0.1, -0.05) is 24.6 Å². The molecule has 0 heterocycles. The van der Waals surface area contributed by atoms with Crippen LogP contribution in [0.15, 0.2) is 24.3 Å². The van der Waals surface area contributed by atoms with Crippen LogP contribution in [0.4, 0.5) is 0 Å². The molecule has 0 saturated heterocycles. The van der Waals surface area contributed by atoms with E-state index in [1.807, 2.05) is 0 Å². The van der Waals surface area contributed by atoms with Crippen LogP contribution in [0.2, 0.25) is 0 Å². The van der Waals surface area contributed by atoms with Gasteiger partial charge >= 0.3 is 0 Å². The van der Waals surface area contributed by atoms with E-state index < -0.39 is 0 Å². The van der Waals surface area contributed by atoms with Crippen molar-refractivity contribution in [2.24, 2.45) is 40.4 Å². The molecule has 0 aromatic rings. The highest BCUT2D eigenvalue weighted by Crippen LogP contribution is 2.68. The van der Waals surface area contributed by atoms with Crippen LogP contribution in [0.25, 0.3) is 0 Å². The highest BCUT2D eigenvalue weighted by Gasteiger charge is 2.62. The number of rotatable bonds is 1. The van der Waals surface area contributed by atoms with Crippen molar-refractivity contribution in [3.05, 3.63) is 24.3 Å². The van der Waals surface area contributed by atoms with Crippen LogP contribution in [-0.2, 0) is 4.79 Å². The number of hydrogen-bond donors (Lipinski definition) is 0. The first-order chi connectivity index (χ1) is 11.4. The average Bonchev–Trinajstić information content (AvgIpc) is 2.85. The normalized spacial score (nSPS) is 50.1. The summed E-state index contributed by atoms with van der Waals surface area (Å²) in [7, 11) is 0. The SMILES string of the molecule is C=C[C@H]1C=C2CC(=O)CC[C@@H]2[C@H]2CC[C@@]3(C)[C@@H](CC[C@]3(C)C#N)[C@H]12. The molecule has 0 bridgehead atoms. The zero-order chi connectivity index (χ0) is 17.1. The van der Waals surface area contributed by atoms with Crippen LogP contribution >= 0.6 is 0 Å². The summed E-state index contributed by atoms with van der Waals surface area (Å²) in [5.41, 5.74) is 1.36. The maximum atomic E-state index is 11.9. The Kier molecular flexibility index (Phi) is 3.57. The van der Waals surface area contributed by atoms with E-state index in [-0.39, 0.29) is 10.8 Å². The molecular formula is C22H29NO. The summed E-state index contributed by atoms with van der Waals surface area (Å²) in [6, 6.07) is 2.68. The zero-order valence-corrected chi connectivity index (χ0v) is 15.1. The van der Waals surface area contributed by atoms with Crippen LogP contribution in [0.5, 0.6) is 0 Å². The van der Waals surface area contributed by atoms with Gasteiger partial charge < -0.3 is 0 Å². The van der Waals surface area contributed by atoms with E-state index in [0.717, 1.165) is 19.3 Å². The van der Waals surface area contributed by atoms with Gasteiger partial charge in [-0.25, -0.2) is 0 Å². The fraction of sp³-hybridized carbons (Fsp3) is 0.727. The number of ketones is 1. The van der Waals surface area contributed by atoms with Gasteiger partial charge in [-0.2, -0.15) is 5.26 Å². The molecule has 0 amide bonds. The molecule has 0 aromatic carbocycles. The fourth-order valence-electron chi connectivity index (χ4n) is 6.90. The Balaban J connectivity index is 1.74. The molecule has 0 radical (unpaired) electrons. The van der Waals surface area contributed by atoms with Gasteiger partial charge in [-0.15, -0.1) is 6.58 Å². The first-order valence-corrected chi connectivity index (χ1v) is 9.69. The Hall–Kier alpha value is -1.36. The number of carbonyl (C=O) groups excluding carboxylic acids is 1. The van der Waals surface area contributed by atoms with Crippen molar-refractivity contribution in [2.75, 3.05) is 0 Å². The molecule has 4 aliphatic rings. The third-order valence-electron chi connectivity index (χ3n) is 8.49. The minimum absolute atomic E-state index is 0.139. The first-order valence-electron chi connectivity index (χ1n) is 9.69. The van der Waals surface area contributed by atoms with Crippen molar-refractivity contribution in [2.45, 2.75) is 58.8 Å². The van der Waals surface area contributed by atoms with Gasteiger partial charge in [0.2, 0.25) is 0 Å². The van der Waals surface area contributed by atoms with Crippen LogP contribution in [-0.4, -0.2) is 5.78 Å². The molecule has 0 aromatic heterocycles. The second-order valence-electron chi connectivity index (χ2n) is 9.20. The maximum absolute atomic E-state index is 11.9. The predicted octanol–water partition coefficient (Wildman–Crippen LogP) is 5.07. The van der Waals surface area contributed by atoms with E-state index in [4.69, 9.17) is 0 Å². The lowest BCUT2D eigenvalue weighted by molar-refractivity contribution is -0.120. The molecule has 4 aliphatic carbocycles. The van der Waals surface area contributed by atoms with E-state index in [1.165, 1.54) is 24.8 Å². The standard InChI is InChI=1S/C22H29NO/c1-4-14-11-15-12-16(24)5-6-17(15)18-7-10-22(3)19(20(14)18)8-9-21(22,2)13-23/h4,11,14,17-20H,1,5-10,12H2,2-3H3/t14-,17-,18+,19-,20+,21+,22-/m0/s1. The number of fused-ring (bicyclic) bond motifs is 5. The molecule has 4 rings (SSSR count). The lowest BCUT2D eigenvalue weighted by Gasteiger charge is -2.56. The summed E-state index contributed by atoms with van der Waals surface area (Å²) in [5.74, 6) is 3.36. The van der Waals surface area contributed by atoms with E-state index in [0.29, 0.717) is 41.8 Å².